The summed E-state index contributed by atoms with van der Waals surface area (Å²) in [6.45, 7) is 13.4. The number of allylic oxidation sites excluding steroid dienone is 1. The highest BCUT2D eigenvalue weighted by Gasteiger charge is 2.35. The number of rotatable bonds is 3. The Morgan fingerprint density at radius 3 is 2.00 bits per heavy atom. The molecular weight excluding hydrogens is 202 g/mol. The average molecular weight is 227 g/mol. The van der Waals surface area contributed by atoms with Crippen LogP contribution in [0.3, 0.4) is 0 Å². The summed E-state index contributed by atoms with van der Waals surface area (Å²) in [4.78, 5) is 11.9. The molecule has 0 aromatic rings. The fraction of sp³-hybridized carbons (Fsp3) is 0.769. The Morgan fingerprint density at radius 2 is 1.69 bits per heavy atom. The fourth-order valence-corrected chi connectivity index (χ4v) is 1.24. The Hall–Kier alpha value is -0.990. The van der Waals surface area contributed by atoms with Crippen LogP contribution in [0.5, 0.6) is 0 Å². The molecule has 1 atom stereocenters. The van der Waals surface area contributed by atoms with Crippen molar-refractivity contribution in [2.75, 3.05) is 0 Å². The van der Waals surface area contributed by atoms with Crippen molar-refractivity contribution in [3.63, 3.8) is 0 Å². The molecule has 0 fully saturated rings. The van der Waals surface area contributed by atoms with Crippen LogP contribution in [0.15, 0.2) is 11.8 Å². The molecule has 2 N–H and O–H groups in total. The SMILES string of the molecule is C/C(=C/N)C(C)(C)[C@@H](C)C(=O)OC(C)(C)C. The largest absolute Gasteiger partial charge is 0.460 e. The van der Waals surface area contributed by atoms with Crippen molar-refractivity contribution in [2.24, 2.45) is 17.1 Å². The Labute approximate surface area is 99.0 Å². The quantitative estimate of drug-likeness (QED) is 0.754. The average Bonchev–Trinajstić information content (AvgIpc) is 2.12. The molecular formula is C13H25NO2. The number of carbonyl (C=O) groups is 1. The van der Waals surface area contributed by atoms with Gasteiger partial charge in [-0.3, -0.25) is 4.79 Å². The van der Waals surface area contributed by atoms with E-state index in [1.165, 1.54) is 0 Å². The van der Waals surface area contributed by atoms with E-state index in [1.807, 2.05) is 48.5 Å². The lowest BCUT2D eigenvalue weighted by Crippen LogP contribution is -2.35. The predicted molar refractivity (Wildman–Crippen MR) is 66.7 cm³/mol. The van der Waals surface area contributed by atoms with E-state index >= 15 is 0 Å². The Balaban J connectivity index is 4.80. The summed E-state index contributed by atoms with van der Waals surface area (Å²) < 4.78 is 5.37. The van der Waals surface area contributed by atoms with E-state index in [0.717, 1.165) is 5.57 Å². The van der Waals surface area contributed by atoms with Gasteiger partial charge in [-0.25, -0.2) is 0 Å². The molecule has 0 spiro atoms. The first-order valence-electron chi connectivity index (χ1n) is 5.64. The lowest BCUT2D eigenvalue weighted by atomic mass is 9.74. The van der Waals surface area contributed by atoms with Crippen molar-refractivity contribution in [2.45, 2.75) is 54.1 Å². The zero-order chi connectivity index (χ0) is 13.1. The molecule has 0 saturated carbocycles. The van der Waals surface area contributed by atoms with Crippen molar-refractivity contribution in [1.82, 2.24) is 0 Å². The van der Waals surface area contributed by atoms with E-state index in [-0.39, 0.29) is 17.3 Å². The van der Waals surface area contributed by atoms with Crippen molar-refractivity contribution < 1.29 is 9.53 Å². The molecule has 0 heterocycles. The van der Waals surface area contributed by atoms with Crippen LogP contribution >= 0.6 is 0 Å². The van der Waals surface area contributed by atoms with Gasteiger partial charge in [0.15, 0.2) is 0 Å². The molecule has 0 rings (SSSR count). The number of carbonyl (C=O) groups excluding carboxylic acids is 1. The van der Waals surface area contributed by atoms with Gasteiger partial charge in [0.1, 0.15) is 5.60 Å². The summed E-state index contributed by atoms with van der Waals surface area (Å²) in [7, 11) is 0. The minimum absolute atomic E-state index is 0.182. The van der Waals surface area contributed by atoms with Crippen LogP contribution in [0, 0.1) is 11.3 Å². The third-order valence-electron chi connectivity index (χ3n) is 3.11. The number of nitrogens with two attached hydrogens (primary N) is 1. The van der Waals surface area contributed by atoms with Crippen LogP contribution in [0.4, 0.5) is 0 Å². The highest BCUT2D eigenvalue weighted by Crippen LogP contribution is 2.35. The van der Waals surface area contributed by atoms with Crippen molar-refractivity contribution >= 4 is 5.97 Å². The zero-order valence-corrected chi connectivity index (χ0v) is 11.5. The van der Waals surface area contributed by atoms with Crippen LogP contribution in [0.1, 0.15) is 48.5 Å². The zero-order valence-electron chi connectivity index (χ0n) is 11.5. The molecule has 0 aromatic heterocycles. The van der Waals surface area contributed by atoms with Crippen LogP contribution in [0.25, 0.3) is 0 Å². The lowest BCUT2D eigenvalue weighted by Gasteiger charge is -2.33. The van der Waals surface area contributed by atoms with Gasteiger partial charge in [0.05, 0.1) is 5.92 Å². The van der Waals surface area contributed by atoms with Gasteiger partial charge in [-0.1, -0.05) is 26.3 Å². The topological polar surface area (TPSA) is 52.3 Å². The molecule has 3 heteroatoms. The van der Waals surface area contributed by atoms with Gasteiger partial charge < -0.3 is 10.5 Å². The van der Waals surface area contributed by atoms with Gasteiger partial charge >= 0.3 is 5.97 Å². The molecule has 0 amide bonds. The molecule has 0 bridgehead atoms. The van der Waals surface area contributed by atoms with Gasteiger partial charge in [-0.05, 0) is 33.9 Å². The highest BCUT2D eigenvalue weighted by molar-refractivity contribution is 5.74. The van der Waals surface area contributed by atoms with Gasteiger partial charge in [0.25, 0.3) is 0 Å². The summed E-state index contributed by atoms with van der Waals surface area (Å²) in [5.74, 6) is -0.398. The van der Waals surface area contributed by atoms with Crippen molar-refractivity contribution in [3.8, 4) is 0 Å². The van der Waals surface area contributed by atoms with Crippen LogP contribution in [-0.4, -0.2) is 11.6 Å². The summed E-state index contributed by atoms with van der Waals surface area (Å²) in [6.07, 6.45) is 1.56. The summed E-state index contributed by atoms with van der Waals surface area (Å²) >= 11 is 0. The minimum Gasteiger partial charge on any atom is -0.460 e. The third kappa shape index (κ3) is 3.87. The molecule has 0 aliphatic carbocycles. The second kappa shape index (κ2) is 4.89. The maximum atomic E-state index is 11.9. The molecule has 0 unspecified atom stereocenters. The number of ether oxygens (including phenoxy) is 1. The number of hydrogen-bond donors (Lipinski definition) is 1. The summed E-state index contributed by atoms with van der Waals surface area (Å²) in [5.41, 5.74) is 5.78. The summed E-state index contributed by atoms with van der Waals surface area (Å²) in [6, 6.07) is 0. The first-order valence-corrected chi connectivity index (χ1v) is 5.64. The monoisotopic (exact) mass is 227 g/mol. The standard InChI is InChI=1S/C13H25NO2/c1-9(8-14)13(6,7)10(2)11(15)16-12(3,4)5/h8,10H,14H2,1-7H3/b9-8-/t10-/m0/s1. The van der Waals surface area contributed by atoms with E-state index in [0.29, 0.717) is 0 Å². The number of hydrogen-bond acceptors (Lipinski definition) is 3. The molecule has 3 nitrogen and oxygen atoms in total. The van der Waals surface area contributed by atoms with E-state index in [9.17, 15) is 4.79 Å². The molecule has 0 aliphatic rings. The molecule has 0 aromatic carbocycles. The van der Waals surface area contributed by atoms with Gasteiger partial charge in [0.2, 0.25) is 0 Å². The first kappa shape index (κ1) is 15.0. The van der Waals surface area contributed by atoms with Gasteiger partial charge in [-0.15, -0.1) is 0 Å². The first-order chi connectivity index (χ1) is 7.02. The highest BCUT2D eigenvalue weighted by atomic mass is 16.6. The fourth-order valence-electron chi connectivity index (χ4n) is 1.24. The normalized spacial score (nSPS) is 15.8. The Bertz CT molecular complexity index is 285. The van der Waals surface area contributed by atoms with Crippen LogP contribution in [-0.2, 0) is 9.53 Å². The summed E-state index contributed by atoms with van der Waals surface area (Å²) in [5, 5.41) is 0. The predicted octanol–water partition coefficient (Wildman–Crippen LogP) is 2.85. The maximum absolute atomic E-state index is 11.9. The molecule has 94 valence electrons. The van der Waals surface area contributed by atoms with Crippen molar-refractivity contribution in [3.05, 3.63) is 11.8 Å². The van der Waals surface area contributed by atoms with E-state index < -0.39 is 5.60 Å². The smallest absolute Gasteiger partial charge is 0.310 e. The maximum Gasteiger partial charge on any atom is 0.310 e. The van der Waals surface area contributed by atoms with E-state index in [1.54, 1.807) is 6.20 Å². The second-order valence-electron chi connectivity index (χ2n) is 5.83. The molecule has 0 radical (unpaired) electrons. The van der Waals surface area contributed by atoms with Gasteiger partial charge in [-0.2, -0.15) is 0 Å². The number of esters is 1. The van der Waals surface area contributed by atoms with E-state index in [2.05, 4.69) is 0 Å². The Kier molecular flexibility index (Phi) is 4.59. The van der Waals surface area contributed by atoms with E-state index in [4.69, 9.17) is 10.5 Å². The van der Waals surface area contributed by atoms with Gasteiger partial charge in [0, 0.05) is 5.41 Å². The Morgan fingerprint density at radius 1 is 1.25 bits per heavy atom. The third-order valence-corrected chi connectivity index (χ3v) is 3.11. The van der Waals surface area contributed by atoms with Crippen LogP contribution in [0.2, 0.25) is 0 Å². The molecule has 0 aliphatic heterocycles. The van der Waals surface area contributed by atoms with Crippen molar-refractivity contribution in [1.29, 1.82) is 0 Å². The van der Waals surface area contributed by atoms with Crippen LogP contribution < -0.4 is 5.73 Å². The lowest BCUT2D eigenvalue weighted by molar-refractivity contribution is -0.162. The minimum atomic E-state index is -0.443. The molecule has 16 heavy (non-hydrogen) atoms. The second-order valence-corrected chi connectivity index (χ2v) is 5.83. The molecule has 0 saturated heterocycles.